The fourth-order valence-electron chi connectivity index (χ4n) is 2.37. The van der Waals surface area contributed by atoms with Crippen LogP contribution in [0.4, 0.5) is 0 Å². The zero-order valence-corrected chi connectivity index (χ0v) is 12.9. The molecule has 3 heterocycles. The number of ether oxygens (including phenoxy) is 1. The number of carbonyl (C=O) groups is 1. The molecule has 0 aliphatic carbocycles. The normalized spacial score (nSPS) is 18.8. The first-order valence-electron chi connectivity index (χ1n) is 6.88. The highest BCUT2D eigenvalue weighted by atomic mass is 32.1. The van der Waals surface area contributed by atoms with Gasteiger partial charge in [-0.3, -0.25) is 9.78 Å². The number of amides is 1. The Labute approximate surface area is 127 Å². The third kappa shape index (κ3) is 2.96. The van der Waals surface area contributed by atoms with Crippen molar-refractivity contribution in [3.63, 3.8) is 0 Å². The number of hydrogen-bond donors (Lipinski definition) is 0. The monoisotopic (exact) mass is 303 g/mol. The molecule has 0 radical (unpaired) electrons. The summed E-state index contributed by atoms with van der Waals surface area (Å²) < 4.78 is 5.53. The van der Waals surface area contributed by atoms with E-state index in [-0.39, 0.29) is 11.9 Å². The van der Waals surface area contributed by atoms with E-state index in [0.29, 0.717) is 25.5 Å². The Morgan fingerprint density at radius 1 is 1.43 bits per heavy atom. The van der Waals surface area contributed by atoms with Crippen LogP contribution in [0, 0.1) is 13.8 Å². The van der Waals surface area contributed by atoms with Crippen LogP contribution < -0.4 is 0 Å². The van der Waals surface area contributed by atoms with Gasteiger partial charge < -0.3 is 9.64 Å². The molecule has 1 aliphatic rings. The van der Waals surface area contributed by atoms with Gasteiger partial charge in [-0.1, -0.05) is 6.07 Å². The third-order valence-electron chi connectivity index (χ3n) is 3.50. The van der Waals surface area contributed by atoms with E-state index in [2.05, 4.69) is 9.97 Å². The molecule has 5 nitrogen and oxygen atoms in total. The SMILES string of the molecule is Cc1ccc(C(=O)N2CCOC[C@H]2c2csc(C)n2)nc1. The van der Waals surface area contributed by atoms with Crippen LogP contribution in [-0.2, 0) is 4.74 Å². The van der Waals surface area contributed by atoms with Crippen LogP contribution in [0.15, 0.2) is 23.7 Å². The number of nitrogens with zero attached hydrogens (tertiary/aromatic N) is 3. The number of aromatic nitrogens is 2. The molecule has 0 spiro atoms. The van der Waals surface area contributed by atoms with Gasteiger partial charge in [0, 0.05) is 18.1 Å². The minimum atomic E-state index is -0.126. The standard InChI is InChI=1S/C15H17N3O2S/c1-10-3-4-12(16-7-10)15(19)18-5-6-20-8-14(18)13-9-21-11(2)17-13/h3-4,7,9,14H,5-6,8H2,1-2H3/t14-/m0/s1. The van der Waals surface area contributed by atoms with Crippen molar-refractivity contribution in [1.82, 2.24) is 14.9 Å². The second kappa shape index (κ2) is 5.91. The second-order valence-corrected chi connectivity index (χ2v) is 6.16. The highest BCUT2D eigenvalue weighted by Gasteiger charge is 2.31. The van der Waals surface area contributed by atoms with E-state index in [1.807, 2.05) is 30.2 Å². The molecule has 0 unspecified atom stereocenters. The van der Waals surface area contributed by atoms with E-state index in [0.717, 1.165) is 16.3 Å². The van der Waals surface area contributed by atoms with Crippen LogP contribution in [0.2, 0.25) is 0 Å². The fraction of sp³-hybridized carbons (Fsp3) is 0.400. The van der Waals surface area contributed by atoms with Crippen LogP contribution >= 0.6 is 11.3 Å². The Hall–Kier alpha value is -1.79. The second-order valence-electron chi connectivity index (χ2n) is 5.10. The predicted octanol–water partition coefficient (Wildman–Crippen LogP) is 2.37. The topological polar surface area (TPSA) is 55.3 Å². The van der Waals surface area contributed by atoms with E-state index < -0.39 is 0 Å². The number of morpholine rings is 1. The van der Waals surface area contributed by atoms with Gasteiger partial charge in [0.15, 0.2) is 0 Å². The average Bonchev–Trinajstić information content (AvgIpc) is 2.94. The molecule has 0 saturated carbocycles. The highest BCUT2D eigenvalue weighted by Crippen LogP contribution is 2.26. The van der Waals surface area contributed by atoms with Crippen molar-refractivity contribution >= 4 is 17.2 Å². The summed E-state index contributed by atoms with van der Waals surface area (Å²) in [6.07, 6.45) is 1.72. The van der Waals surface area contributed by atoms with Crippen molar-refractivity contribution in [2.24, 2.45) is 0 Å². The number of aryl methyl sites for hydroxylation is 2. The molecular weight excluding hydrogens is 286 g/mol. The van der Waals surface area contributed by atoms with Crippen LogP contribution in [0.25, 0.3) is 0 Å². The lowest BCUT2D eigenvalue weighted by atomic mass is 10.1. The van der Waals surface area contributed by atoms with Gasteiger partial charge in [0.2, 0.25) is 0 Å². The zero-order chi connectivity index (χ0) is 14.8. The minimum Gasteiger partial charge on any atom is -0.377 e. The van der Waals surface area contributed by atoms with E-state index in [4.69, 9.17) is 4.74 Å². The lowest BCUT2D eigenvalue weighted by Crippen LogP contribution is -2.43. The lowest BCUT2D eigenvalue weighted by molar-refractivity contribution is -0.00407. The molecule has 1 atom stereocenters. The zero-order valence-electron chi connectivity index (χ0n) is 12.1. The van der Waals surface area contributed by atoms with Gasteiger partial charge in [-0.25, -0.2) is 4.98 Å². The first-order valence-corrected chi connectivity index (χ1v) is 7.76. The van der Waals surface area contributed by atoms with Crippen molar-refractivity contribution in [1.29, 1.82) is 0 Å². The molecule has 0 aromatic carbocycles. The summed E-state index contributed by atoms with van der Waals surface area (Å²) in [6.45, 7) is 5.52. The van der Waals surface area contributed by atoms with Crippen molar-refractivity contribution in [3.8, 4) is 0 Å². The van der Waals surface area contributed by atoms with Gasteiger partial charge in [-0.05, 0) is 25.5 Å². The number of hydrogen-bond acceptors (Lipinski definition) is 5. The van der Waals surface area contributed by atoms with E-state index in [9.17, 15) is 4.79 Å². The number of carbonyl (C=O) groups excluding carboxylic acids is 1. The number of thiazole rings is 1. The summed E-state index contributed by atoms with van der Waals surface area (Å²) in [7, 11) is 0. The average molecular weight is 303 g/mol. The summed E-state index contributed by atoms with van der Waals surface area (Å²) in [5, 5.41) is 2.99. The number of rotatable bonds is 2. The molecule has 1 amide bonds. The molecule has 1 saturated heterocycles. The Kier molecular flexibility index (Phi) is 3.98. The predicted molar refractivity (Wildman–Crippen MR) is 80.4 cm³/mol. The Balaban J connectivity index is 1.87. The van der Waals surface area contributed by atoms with Gasteiger partial charge in [0.1, 0.15) is 5.69 Å². The van der Waals surface area contributed by atoms with Gasteiger partial charge >= 0.3 is 0 Å². The van der Waals surface area contributed by atoms with Gasteiger partial charge in [0.25, 0.3) is 5.91 Å². The first-order chi connectivity index (χ1) is 10.1. The molecule has 3 rings (SSSR count). The summed E-state index contributed by atoms with van der Waals surface area (Å²) in [6, 6.07) is 3.55. The number of pyridine rings is 1. The maximum absolute atomic E-state index is 12.7. The summed E-state index contributed by atoms with van der Waals surface area (Å²) in [5.41, 5.74) is 2.41. The summed E-state index contributed by atoms with van der Waals surface area (Å²) >= 11 is 1.59. The first kappa shape index (κ1) is 14.2. The maximum Gasteiger partial charge on any atom is 0.273 e. The van der Waals surface area contributed by atoms with Crippen molar-refractivity contribution in [3.05, 3.63) is 45.7 Å². The van der Waals surface area contributed by atoms with Gasteiger partial charge in [-0.2, -0.15) is 0 Å². The largest absolute Gasteiger partial charge is 0.377 e. The van der Waals surface area contributed by atoms with Crippen LogP contribution in [0.5, 0.6) is 0 Å². The van der Waals surface area contributed by atoms with Crippen molar-refractivity contribution < 1.29 is 9.53 Å². The van der Waals surface area contributed by atoms with Gasteiger partial charge in [-0.15, -0.1) is 11.3 Å². The molecule has 21 heavy (non-hydrogen) atoms. The molecule has 2 aromatic rings. The van der Waals surface area contributed by atoms with Crippen LogP contribution in [-0.4, -0.2) is 40.5 Å². The maximum atomic E-state index is 12.7. The van der Waals surface area contributed by atoms with Crippen LogP contribution in [0.3, 0.4) is 0 Å². The summed E-state index contributed by atoms with van der Waals surface area (Å²) in [5.74, 6) is -0.0612. The Bertz CT molecular complexity index is 639. The third-order valence-corrected chi connectivity index (χ3v) is 4.29. The fourth-order valence-corrected chi connectivity index (χ4v) is 3.03. The molecule has 0 N–H and O–H groups in total. The molecular formula is C15H17N3O2S. The van der Waals surface area contributed by atoms with E-state index in [1.165, 1.54) is 0 Å². The van der Waals surface area contributed by atoms with Crippen LogP contribution in [0.1, 0.15) is 32.8 Å². The molecule has 1 aliphatic heterocycles. The molecule has 0 bridgehead atoms. The van der Waals surface area contributed by atoms with E-state index in [1.54, 1.807) is 23.6 Å². The molecule has 6 heteroatoms. The highest BCUT2D eigenvalue weighted by molar-refractivity contribution is 7.09. The Morgan fingerprint density at radius 2 is 2.29 bits per heavy atom. The minimum absolute atomic E-state index is 0.0612. The smallest absolute Gasteiger partial charge is 0.273 e. The van der Waals surface area contributed by atoms with Crippen molar-refractivity contribution in [2.45, 2.75) is 19.9 Å². The van der Waals surface area contributed by atoms with Crippen molar-refractivity contribution in [2.75, 3.05) is 19.8 Å². The Morgan fingerprint density at radius 3 is 2.95 bits per heavy atom. The molecule has 1 fully saturated rings. The quantitative estimate of drug-likeness (QED) is 0.854. The van der Waals surface area contributed by atoms with Gasteiger partial charge in [0.05, 0.1) is 30.0 Å². The molecule has 110 valence electrons. The van der Waals surface area contributed by atoms with E-state index >= 15 is 0 Å². The summed E-state index contributed by atoms with van der Waals surface area (Å²) in [4.78, 5) is 23.2. The lowest BCUT2D eigenvalue weighted by Gasteiger charge is -2.34. The molecule has 2 aromatic heterocycles.